The van der Waals surface area contributed by atoms with E-state index in [2.05, 4.69) is 15.7 Å². The van der Waals surface area contributed by atoms with E-state index in [9.17, 15) is 38.3 Å². The molecule has 18 heteroatoms. The summed E-state index contributed by atoms with van der Waals surface area (Å²) in [6.07, 6.45) is -1.03. The fourth-order valence-electron chi connectivity index (χ4n) is 5.30. The van der Waals surface area contributed by atoms with E-state index in [4.69, 9.17) is 14.3 Å². The highest BCUT2D eigenvalue weighted by Gasteiger charge is 2.33. The fraction of sp³-hybridized carbons (Fsp3) is 0.516. The number of halogens is 1. The van der Waals surface area contributed by atoms with Gasteiger partial charge in [-0.2, -0.15) is 5.10 Å². The van der Waals surface area contributed by atoms with E-state index >= 15 is 0 Å². The number of piperazine rings is 1. The van der Waals surface area contributed by atoms with Crippen molar-refractivity contribution in [3.05, 3.63) is 42.1 Å². The third kappa shape index (κ3) is 10.4. The second kappa shape index (κ2) is 17.8. The lowest BCUT2D eigenvalue weighted by molar-refractivity contribution is -0.157. The van der Waals surface area contributed by atoms with Crippen LogP contribution < -0.4 is 15.4 Å². The molecule has 266 valence electrons. The first-order valence-corrected chi connectivity index (χ1v) is 15.9. The monoisotopic (exact) mass is 689 g/mol. The van der Waals surface area contributed by atoms with Gasteiger partial charge in [-0.25, -0.2) is 13.9 Å². The average molecular weight is 690 g/mol. The number of nitrogens with one attached hydrogen (secondary N) is 2. The van der Waals surface area contributed by atoms with Crippen molar-refractivity contribution in [2.75, 3.05) is 65.7 Å². The first-order valence-electron chi connectivity index (χ1n) is 15.9. The van der Waals surface area contributed by atoms with E-state index in [1.165, 1.54) is 25.6 Å². The SMILES string of the molecule is CCOC(=O)ON1CCN(C(=O)[C@H](CCC(=O)O)NC(=O)c2cc(OCC(=O)N3CCC(C(=O)NCCF)C3)n(-c3ccccc3)n2)CC1. The summed E-state index contributed by atoms with van der Waals surface area (Å²) in [6.45, 7) is 1.70. The Morgan fingerprint density at radius 1 is 1.04 bits per heavy atom. The molecule has 1 aromatic heterocycles. The van der Waals surface area contributed by atoms with Crippen LogP contribution in [0.4, 0.5) is 9.18 Å². The van der Waals surface area contributed by atoms with Crippen LogP contribution in [0.2, 0.25) is 0 Å². The Hall–Kier alpha value is -5.26. The lowest BCUT2D eigenvalue weighted by Gasteiger charge is -2.35. The van der Waals surface area contributed by atoms with E-state index < -0.39 is 61.5 Å². The smallest absolute Gasteiger partial charge is 0.481 e. The average Bonchev–Trinajstić information content (AvgIpc) is 3.77. The minimum absolute atomic E-state index is 0.0484. The van der Waals surface area contributed by atoms with Crippen molar-refractivity contribution < 1.29 is 52.6 Å². The molecule has 2 fully saturated rings. The number of carbonyl (C=O) groups excluding carboxylic acids is 5. The summed E-state index contributed by atoms with van der Waals surface area (Å²) in [5, 5.41) is 20.1. The normalized spacial score (nSPS) is 16.8. The van der Waals surface area contributed by atoms with Gasteiger partial charge in [0.2, 0.25) is 17.7 Å². The highest BCUT2D eigenvalue weighted by atomic mass is 19.1. The molecule has 17 nitrogen and oxygen atoms in total. The van der Waals surface area contributed by atoms with Crippen LogP contribution in [0.3, 0.4) is 0 Å². The number of hydroxylamine groups is 2. The van der Waals surface area contributed by atoms with Gasteiger partial charge in [-0.3, -0.25) is 24.0 Å². The van der Waals surface area contributed by atoms with Crippen LogP contribution in [-0.2, 0) is 28.8 Å². The topological polar surface area (TPSA) is 202 Å². The van der Waals surface area contributed by atoms with E-state index in [0.717, 1.165) is 0 Å². The molecule has 1 aromatic carbocycles. The highest BCUT2D eigenvalue weighted by Crippen LogP contribution is 2.22. The number of aliphatic carboxylic acids is 1. The fourth-order valence-corrected chi connectivity index (χ4v) is 5.30. The maximum Gasteiger partial charge on any atom is 0.527 e. The van der Waals surface area contributed by atoms with Crippen molar-refractivity contribution in [1.82, 2.24) is 35.3 Å². The maximum absolute atomic E-state index is 13.5. The van der Waals surface area contributed by atoms with Gasteiger partial charge in [0.1, 0.15) is 12.7 Å². The Labute approximate surface area is 281 Å². The minimum Gasteiger partial charge on any atom is -0.481 e. The number of hydrogen-bond donors (Lipinski definition) is 3. The standard InChI is InChI=1S/C31H40FN7O10/c1-2-47-31(46)49-38-16-14-36(15-17-38)30(45)23(8-9-27(41)42)34-29(44)24-18-26(39(35-24)22-6-4-3-5-7-22)48-20-25(40)37-13-10-21(19-37)28(43)33-12-11-32/h3-7,18,21,23H,2,8-17,19-20H2,1H3,(H,33,43)(H,34,44)(H,41,42)/t21?,23-/m0/s1. The van der Waals surface area contributed by atoms with Gasteiger partial charge in [-0.05, 0) is 31.9 Å². The number of alkyl halides is 1. The molecule has 49 heavy (non-hydrogen) atoms. The molecule has 3 heterocycles. The summed E-state index contributed by atoms with van der Waals surface area (Å²) < 4.78 is 24.3. The zero-order chi connectivity index (χ0) is 35.3. The van der Waals surface area contributed by atoms with Crippen LogP contribution in [0.15, 0.2) is 36.4 Å². The van der Waals surface area contributed by atoms with Gasteiger partial charge in [-0.15, -0.1) is 5.06 Å². The van der Waals surface area contributed by atoms with Crippen LogP contribution in [0.5, 0.6) is 5.88 Å². The summed E-state index contributed by atoms with van der Waals surface area (Å²) in [5.74, 6) is -3.58. The van der Waals surface area contributed by atoms with Crippen molar-refractivity contribution in [3.63, 3.8) is 0 Å². The molecular weight excluding hydrogens is 649 g/mol. The molecule has 4 rings (SSSR count). The number of likely N-dealkylation sites (tertiary alicyclic amines) is 1. The summed E-state index contributed by atoms with van der Waals surface area (Å²) in [6, 6.07) is 8.75. The molecule has 2 aliphatic rings. The van der Waals surface area contributed by atoms with Gasteiger partial charge in [-0.1, -0.05) is 18.2 Å². The molecule has 2 aliphatic heterocycles. The van der Waals surface area contributed by atoms with Crippen molar-refractivity contribution in [2.24, 2.45) is 5.92 Å². The van der Waals surface area contributed by atoms with Crippen LogP contribution in [0.1, 0.15) is 36.7 Å². The van der Waals surface area contributed by atoms with Gasteiger partial charge < -0.3 is 39.9 Å². The Morgan fingerprint density at radius 2 is 1.78 bits per heavy atom. The Balaban J connectivity index is 1.43. The largest absolute Gasteiger partial charge is 0.527 e. The third-order valence-electron chi connectivity index (χ3n) is 7.83. The summed E-state index contributed by atoms with van der Waals surface area (Å²) in [5.41, 5.74) is 0.356. The molecule has 4 amide bonds. The zero-order valence-corrected chi connectivity index (χ0v) is 27.0. The van der Waals surface area contributed by atoms with Crippen LogP contribution in [0, 0.1) is 5.92 Å². The van der Waals surface area contributed by atoms with E-state index in [1.807, 2.05) is 0 Å². The number of amides is 4. The Kier molecular flexibility index (Phi) is 13.3. The molecule has 2 atom stereocenters. The Morgan fingerprint density at radius 3 is 2.45 bits per heavy atom. The molecule has 2 saturated heterocycles. The van der Waals surface area contributed by atoms with Crippen molar-refractivity contribution in [3.8, 4) is 11.6 Å². The van der Waals surface area contributed by atoms with Gasteiger partial charge in [0.25, 0.3) is 11.8 Å². The number of ether oxygens (including phenoxy) is 2. The molecule has 0 radical (unpaired) electrons. The molecule has 2 aromatic rings. The zero-order valence-electron chi connectivity index (χ0n) is 27.0. The van der Waals surface area contributed by atoms with Crippen LogP contribution in [-0.4, -0.2) is 137 Å². The van der Waals surface area contributed by atoms with Gasteiger partial charge >= 0.3 is 12.1 Å². The van der Waals surface area contributed by atoms with Crippen LogP contribution in [0.25, 0.3) is 5.69 Å². The Bertz CT molecular complexity index is 1480. The minimum atomic E-state index is -1.21. The number of benzene rings is 1. The maximum atomic E-state index is 13.5. The lowest BCUT2D eigenvalue weighted by Crippen LogP contribution is -2.55. The highest BCUT2D eigenvalue weighted by molar-refractivity contribution is 5.96. The number of carboxylic acids is 1. The molecule has 1 unspecified atom stereocenters. The summed E-state index contributed by atoms with van der Waals surface area (Å²) >= 11 is 0. The van der Waals surface area contributed by atoms with E-state index in [1.54, 1.807) is 37.3 Å². The molecule has 3 N–H and O–H groups in total. The molecule has 0 saturated carbocycles. The first-order chi connectivity index (χ1) is 23.6. The predicted molar refractivity (Wildman–Crippen MR) is 167 cm³/mol. The number of para-hydroxylation sites is 1. The molecule has 0 spiro atoms. The number of nitrogens with zero attached hydrogens (tertiary/aromatic N) is 5. The van der Waals surface area contributed by atoms with Crippen molar-refractivity contribution in [1.29, 1.82) is 0 Å². The number of aromatic nitrogens is 2. The summed E-state index contributed by atoms with van der Waals surface area (Å²) in [4.78, 5) is 83.1. The quantitative estimate of drug-likeness (QED) is 0.218. The van der Waals surface area contributed by atoms with E-state index in [-0.39, 0.29) is 69.8 Å². The second-order valence-corrected chi connectivity index (χ2v) is 11.2. The number of hydrogen-bond acceptors (Lipinski definition) is 11. The van der Waals surface area contributed by atoms with Crippen molar-refractivity contribution in [2.45, 2.75) is 32.2 Å². The van der Waals surface area contributed by atoms with Gasteiger partial charge in [0.15, 0.2) is 12.3 Å². The number of rotatable bonds is 15. The summed E-state index contributed by atoms with van der Waals surface area (Å²) in [7, 11) is 0. The third-order valence-corrected chi connectivity index (χ3v) is 7.83. The van der Waals surface area contributed by atoms with Crippen molar-refractivity contribution >= 4 is 35.8 Å². The lowest BCUT2D eigenvalue weighted by atomic mass is 10.1. The molecule has 0 bridgehead atoms. The van der Waals surface area contributed by atoms with E-state index in [0.29, 0.717) is 18.7 Å². The molecular formula is C31H40FN7O10. The van der Waals surface area contributed by atoms with Gasteiger partial charge in [0, 0.05) is 45.2 Å². The van der Waals surface area contributed by atoms with Crippen LogP contribution >= 0.6 is 0 Å². The first kappa shape index (κ1) is 36.6. The van der Waals surface area contributed by atoms with Gasteiger partial charge in [0.05, 0.1) is 31.3 Å². The number of carboxylic acid groups (broad SMARTS) is 1. The predicted octanol–water partition coefficient (Wildman–Crippen LogP) is 0.381. The molecule has 0 aliphatic carbocycles. The second-order valence-electron chi connectivity index (χ2n) is 11.2. The number of carbonyl (C=O) groups is 6.